The summed E-state index contributed by atoms with van der Waals surface area (Å²) in [4.78, 5) is 2.51. The van der Waals surface area contributed by atoms with Crippen LogP contribution in [0.3, 0.4) is 0 Å². The maximum Gasteiger partial charge on any atom is 0.0543 e. The van der Waals surface area contributed by atoms with E-state index in [1.807, 2.05) is 0 Å². The first-order valence-corrected chi connectivity index (χ1v) is 21.2. The molecule has 0 saturated heterocycles. The van der Waals surface area contributed by atoms with E-state index < -0.39 is 0 Å². The van der Waals surface area contributed by atoms with E-state index in [9.17, 15) is 0 Å². The third-order valence-electron chi connectivity index (χ3n) is 13.8. The molecular formula is C58H44N2. The van der Waals surface area contributed by atoms with Gasteiger partial charge in [0.25, 0.3) is 0 Å². The molecular weight excluding hydrogens is 725 g/mol. The third-order valence-corrected chi connectivity index (χ3v) is 13.8. The molecule has 0 atom stereocenters. The van der Waals surface area contributed by atoms with Gasteiger partial charge in [-0.25, -0.2) is 0 Å². The van der Waals surface area contributed by atoms with Crippen LogP contribution >= 0.6 is 0 Å². The standard InChI is InChI=1S/C58H44N2/c1-57(2)49-24-9-5-19-44(49)48-36-41(31-33-51(48)57)59(55-29-15-26-52-56(55)47-22-6-10-25-50(47)58(52,3)4)40-30-32-43-38(35-40)17-14-23-42(43)37-16-13-18-39(34-37)60-53-27-11-7-20-45(53)46-21-8-12-28-54(46)60/h5-36H,1-4H3. The van der Waals surface area contributed by atoms with Crippen LogP contribution in [0.15, 0.2) is 194 Å². The Balaban J connectivity index is 1.04. The summed E-state index contributed by atoms with van der Waals surface area (Å²) in [5.41, 5.74) is 20.1. The summed E-state index contributed by atoms with van der Waals surface area (Å²) in [6.45, 7) is 9.46. The number of aromatic nitrogens is 1. The lowest BCUT2D eigenvalue weighted by atomic mass is 9.82. The van der Waals surface area contributed by atoms with Gasteiger partial charge in [-0.3, -0.25) is 0 Å². The molecule has 2 nitrogen and oxygen atoms in total. The van der Waals surface area contributed by atoms with Crippen molar-refractivity contribution in [2.75, 3.05) is 4.90 Å². The van der Waals surface area contributed by atoms with E-state index in [2.05, 4.69) is 231 Å². The molecule has 9 aromatic carbocycles. The van der Waals surface area contributed by atoms with Gasteiger partial charge in [-0.1, -0.05) is 167 Å². The van der Waals surface area contributed by atoms with Crippen LogP contribution in [0.5, 0.6) is 0 Å². The van der Waals surface area contributed by atoms with Crippen LogP contribution < -0.4 is 4.90 Å². The number of rotatable bonds is 5. The van der Waals surface area contributed by atoms with Crippen molar-refractivity contribution in [1.29, 1.82) is 0 Å². The zero-order chi connectivity index (χ0) is 40.3. The van der Waals surface area contributed by atoms with E-state index in [0.29, 0.717) is 0 Å². The molecule has 0 unspecified atom stereocenters. The lowest BCUT2D eigenvalue weighted by molar-refractivity contribution is 0.660. The minimum atomic E-state index is -0.111. The van der Waals surface area contributed by atoms with Crippen molar-refractivity contribution in [3.63, 3.8) is 0 Å². The summed E-state index contributed by atoms with van der Waals surface area (Å²) in [7, 11) is 0. The van der Waals surface area contributed by atoms with Gasteiger partial charge >= 0.3 is 0 Å². The van der Waals surface area contributed by atoms with Gasteiger partial charge in [-0.05, 0) is 115 Å². The van der Waals surface area contributed by atoms with Gasteiger partial charge in [0.1, 0.15) is 0 Å². The lowest BCUT2D eigenvalue weighted by Crippen LogP contribution is -2.16. The molecule has 0 spiro atoms. The number of nitrogens with zero attached hydrogens (tertiary/aromatic N) is 2. The van der Waals surface area contributed by atoms with Crippen LogP contribution in [0.2, 0.25) is 0 Å². The van der Waals surface area contributed by atoms with Gasteiger partial charge in [0.2, 0.25) is 0 Å². The number of hydrogen-bond acceptors (Lipinski definition) is 1. The second-order valence-corrected chi connectivity index (χ2v) is 17.7. The molecule has 0 aliphatic heterocycles. The van der Waals surface area contributed by atoms with Crippen LogP contribution in [-0.4, -0.2) is 4.57 Å². The van der Waals surface area contributed by atoms with Crippen LogP contribution in [0.1, 0.15) is 49.9 Å². The summed E-state index contributed by atoms with van der Waals surface area (Å²) in [6, 6.07) is 72.3. The normalized spacial score (nSPS) is 14.3. The van der Waals surface area contributed by atoms with E-state index in [-0.39, 0.29) is 10.8 Å². The van der Waals surface area contributed by atoms with E-state index in [1.165, 1.54) is 93.9 Å². The fourth-order valence-corrected chi connectivity index (χ4v) is 10.9. The highest BCUT2D eigenvalue weighted by Crippen LogP contribution is 2.56. The molecule has 2 aliphatic carbocycles. The highest BCUT2D eigenvalue weighted by Gasteiger charge is 2.39. The first kappa shape index (κ1) is 34.8. The molecule has 286 valence electrons. The number of anilines is 3. The van der Waals surface area contributed by atoms with Gasteiger partial charge < -0.3 is 9.47 Å². The number of para-hydroxylation sites is 2. The van der Waals surface area contributed by atoms with Crippen LogP contribution in [0.25, 0.3) is 71.6 Å². The average molecular weight is 769 g/mol. The molecule has 10 aromatic rings. The second kappa shape index (κ2) is 12.7. The Morgan fingerprint density at radius 2 is 0.950 bits per heavy atom. The molecule has 0 fully saturated rings. The van der Waals surface area contributed by atoms with Crippen LogP contribution in [0.4, 0.5) is 17.1 Å². The van der Waals surface area contributed by atoms with Gasteiger partial charge in [0.05, 0.1) is 16.7 Å². The Bertz CT molecular complexity index is 3340. The summed E-state index contributed by atoms with van der Waals surface area (Å²) < 4.78 is 2.41. The van der Waals surface area contributed by atoms with Crippen molar-refractivity contribution < 1.29 is 0 Å². The Morgan fingerprint density at radius 1 is 0.383 bits per heavy atom. The first-order chi connectivity index (χ1) is 29.3. The number of benzene rings is 9. The summed E-state index contributed by atoms with van der Waals surface area (Å²) in [5, 5.41) is 4.98. The van der Waals surface area contributed by atoms with Crippen molar-refractivity contribution in [2.45, 2.75) is 38.5 Å². The highest BCUT2D eigenvalue weighted by atomic mass is 15.1. The van der Waals surface area contributed by atoms with Gasteiger partial charge in [0, 0.05) is 44.2 Å². The minimum Gasteiger partial charge on any atom is -0.310 e. The summed E-state index contributed by atoms with van der Waals surface area (Å²) in [5.74, 6) is 0. The number of hydrogen-bond donors (Lipinski definition) is 0. The van der Waals surface area contributed by atoms with Gasteiger partial charge in [-0.2, -0.15) is 0 Å². The molecule has 60 heavy (non-hydrogen) atoms. The fraction of sp³-hybridized carbons (Fsp3) is 0.103. The topological polar surface area (TPSA) is 8.17 Å². The maximum absolute atomic E-state index is 2.51. The molecule has 0 N–H and O–H groups in total. The predicted octanol–water partition coefficient (Wildman–Crippen LogP) is 15.7. The monoisotopic (exact) mass is 768 g/mol. The first-order valence-electron chi connectivity index (χ1n) is 21.2. The van der Waals surface area contributed by atoms with Crippen molar-refractivity contribution in [2.24, 2.45) is 0 Å². The molecule has 1 heterocycles. The Kier molecular flexibility index (Phi) is 7.36. The van der Waals surface area contributed by atoms with Gasteiger partial charge in [-0.15, -0.1) is 0 Å². The molecule has 2 aliphatic rings. The van der Waals surface area contributed by atoms with Crippen LogP contribution in [0, 0.1) is 0 Å². The lowest BCUT2D eigenvalue weighted by Gasteiger charge is -2.30. The molecule has 12 rings (SSSR count). The zero-order valence-electron chi connectivity index (χ0n) is 34.4. The quantitative estimate of drug-likeness (QED) is 0.169. The van der Waals surface area contributed by atoms with Crippen molar-refractivity contribution >= 4 is 49.6 Å². The molecule has 0 saturated carbocycles. The molecule has 0 radical (unpaired) electrons. The SMILES string of the molecule is CC1(C)c2ccccc2-c2cc(N(c3ccc4c(-c5cccc(-n6c7ccccc7c7ccccc76)c5)cccc4c3)c3cccc4c3-c3ccccc3C4(C)C)ccc21. The van der Waals surface area contributed by atoms with E-state index in [1.54, 1.807) is 0 Å². The Hall–Kier alpha value is -7.16. The summed E-state index contributed by atoms with van der Waals surface area (Å²) in [6.07, 6.45) is 0. The van der Waals surface area contributed by atoms with Crippen molar-refractivity contribution in [3.05, 3.63) is 216 Å². The Morgan fingerprint density at radius 3 is 1.73 bits per heavy atom. The average Bonchev–Trinajstić information content (AvgIpc) is 3.83. The van der Waals surface area contributed by atoms with Crippen LogP contribution in [-0.2, 0) is 10.8 Å². The van der Waals surface area contributed by atoms with E-state index >= 15 is 0 Å². The van der Waals surface area contributed by atoms with E-state index in [0.717, 1.165) is 17.1 Å². The third kappa shape index (κ3) is 4.88. The molecule has 1 aromatic heterocycles. The minimum absolute atomic E-state index is 0.0650. The fourth-order valence-electron chi connectivity index (χ4n) is 10.9. The molecule has 0 amide bonds. The Labute approximate surface area is 351 Å². The van der Waals surface area contributed by atoms with Crippen molar-refractivity contribution in [3.8, 4) is 39.1 Å². The predicted molar refractivity (Wildman–Crippen MR) is 254 cm³/mol. The smallest absolute Gasteiger partial charge is 0.0543 e. The van der Waals surface area contributed by atoms with E-state index in [4.69, 9.17) is 0 Å². The van der Waals surface area contributed by atoms with Crippen molar-refractivity contribution in [1.82, 2.24) is 4.57 Å². The second-order valence-electron chi connectivity index (χ2n) is 17.7. The highest BCUT2D eigenvalue weighted by molar-refractivity contribution is 6.09. The largest absolute Gasteiger partial charge is 0.310 e. The molecule has 2 heteroatoms. The maximum atomic E-state index is 2.51. The number of fused-ring (bicyclic) bond motifs is 10. The zero-order valence-corrected chi connectivity index (χ0v) is 34.4. The van der Waals surface area contributed by atoms with Gasteiger partial charge in [0.15, 0.2) is 0 Å². The summed E-state index contributed by atoms with van der Waals surface area (Å²) >= 11 is 0. The molecule has 0 bridgehead atoms.